The molecule has 2 heterocycles. The molecule has 0 bridgehead atoms. The number of anilines is 1. The van der Waals surface area contributed by atoms with Gasteiger partial charge < -0.3 is 10.4 Å². The van der Waals surface area contributed by atoms with Crippen LogP contribution in [0.5, 0.6) is 5.75 Å². The summed E-state index contributed by atoms with van der Waals surface area (Å²) in [5.41, 5.74) is 4.57. The molecule has 2 aromatic heterocycles. The van der Waals surface area contributed by atoms with E-state index >= 15 is 0 Å². The normalized spacial score (nSPS) is 10.9. The number of phenolic OH excluding ortho intramolecular Hbond substituents is 1. The summed E-state index contributed by atoms with van der Waals surface area (Å²) in [7, 11) is 0. The zero-order chi connectivity index (χ0) is 14.1. The average molecular weight is 268 g/mol. The summed E-state index contributed by atoms with van der Waals surface area (Å²) in [5.74, 6) is 0.297. The summed E-state index contributed by atoms with van der Waals surface area (Å²) in [6.07, 6.45) is 3.79. The van der Waals surface area contributed by atoms with E-state index in [4.69, 9.17) is 0 Å². The quantitative estimate of drug-likeness (QED) is 0.766. The molecule has 3 aromatic rings. The van der Waals surface area contributed by atoms with Crippen molar-refractivity contribution in [3.05, 3.63) is 53.5 Å². The number of nitrogens with one attached hydrogen (secondary N) is 1. The van der Waals surface area contributed by atoms with Crippen LogP contribution in [0.2, 0.25) is 0 Å². The van der Waals surface area contributed by atoms with Crippen molar-refractivity contribution in [1.29, 1.82) is 0 Å². The van der Waals surface area contributed by atoms with Gasteiger partial charge in [0.15, 0.2) is 5.65 Å². The molecule has 0 radical (unpaired) electrons. The lowest BCUT2D eigenvalue weighted by Gasteiger charge is -2.08. The van der Waals surface area contributed by atoms with E-state index in [1.54, 1.807) is 10.6 Å². The number of fused-ring (bicyclic) bond motifs is 1. The highest BCUT2D eigenvalue weighted by molar-refractivity contribution is 5.51. The van der Waals surface area contributed by atoms with E-state index < -0.39 is 0 Å². The Morgan fingerprint density at radius 3 is 2.90 bits per heavy atom. The number of phenols is 1. The molecule has 102 valence electrons. The predicted octanol–water partition coefficient (Wildman–Crippen LogP) is 2.66. The topological polar surface area (TPSA) is 62.5 Å². The summed E-state index contributed by atoms with van der Waals surface area (Å²) < 4.78 is 1.78. The van der Waals surface area contributed by atoms with E-state index in [1.165, 1.54) is 0 Å². The third kappa shape index (κ3) is 2.42. The Balaban J connectivity index is 1.77. The molecule has 0 aliphatic rings. The van der Waals surface area contributed by atoms with E-state index in [1.807, 2.05) is 44.4 Å². The first-order valence-corrected chi connectivity index (χ1v) is 6.46. The second kappa shape index (κ2) is 4.85. The SMILES string of the molecule is Cc1cc2ncc(CNc3ccc(C)c(O)c3)cn2n1. The summed E-state index contributed by atoms with van der Waals surface area (Å²) in [4.78, 5) is 4.36. The van der Waals surface area contributed by atoms with Crippen molar-refractivity contribution in [2.24, 2.45) is 0 Å². The van der Waals surface area contributed by atoms with Crippen LogP contribution in [-0.2, 0) is 6.54 Å². The van der Waals surface area contributed by atoms with Crippen molar-refractivity contribution < 1.29 is 5.11 Å². The molecule has 0 saturated heterocycles. The van der Waals surface area contributed by atoms with Crippen molar-refractivity contribution in [2.45, 2.75) is 20.4 Å². The minimum atomic E-state index is 0.297. The molecule has 5 heteroatoms. The van der Waals surface area contributed by atoms with Crippen LogP contribution in [0.25, 0.3) is 5.65 Å². The molecule has 0 saturated carbocycles. The summed E-state index contributed by atoms with van der Waals surface area (Å²) in [6.45, 7) is 4.45. The number of hydrogen-bond acceptors (Lipinski definition) is 4. The largest absolute Gasteiger partial charge is 0.508 e. The van der Waals surface area contributed by atoms with Gasteiger partial charge in [0.25, 0.3) is 0 Å². The van der Waals surface area contributed by atoms with Crippen molar-refractivity contribution in [2.75, 3.05) is 5.32 Å². The molecule has 5 nitrogen and oxygen atoms in total. The number of benzene rings is 1. The number of rotatable bonds is 3. The molecular formula is C15H16N4O. The van der Waals surface area contributed by atoms with Gasteiger partial charge in [-0.25, -0.2) is 9.50 Å². The molecule has 0 spiro atoms. The summed E-state index contributed by atoms with van der Waals surface area (Å²) in [5, 5.41) is 17.3. The Kier molecular flexibility index (Phi) is 3.02. The smallest absolute Gasteiger partial charge is 0.155 e. The number of aromatic nitrogens is 3. The molecule has 20 heavy (non-hydrogen) atoms. The lowest BCUT2D eigenvalue weighted by molar-refractivity contribution is 0.471. The predicted molar refractivity (Wildman–Crippen MR) is 77.9 cm³/mol. The van der Waals surface area contributed by atoms with Gasteiger partial charge >= 0.3 is 0 Å². The van der Waals surface area contributed by atoms with Gasteiger partial charge in [-0.15, -0.1) is 0 Å². The van der Waals surface area contributed by atoms with E-state index in [0.29, 0.717) is 12.3 Å². The fraction of sp³-hybridized carbons (Fsp3) is 0.200. The van der Waals surface area contributed by atoms with E-state index in [2.05, 4.69) is 15.4 Å². The lowest BCUT2D eigenvalue weighted by Crippen LogP contribution is -2.02. The monoisotopic (exact) mass is 268 g/mol. The van der Waals surface area contributed by atoms with Crippen molar-refractivity contribution in [1.82, 2.24) is 14.6 Å². The van der Waals surface area contributed by atoms with Crippen LogP contribution in [-0.4, -0.2) is 19.7 Å². The molecule has 2 N–H and O–H groups in total. The zero-order valence-electron chi connectivity index (χ0n) is 11.5. The van der Waals surface area contributed by atoms with Gasteiger partial charge in [0.05, 0.1) is 5.69 Å². The second-order valence-corrected chi connectivity index (χ2v) is 4.91. The highest BCUT2D eigenvalue weighted by Gasteiger charge is 2.02. The van der Waals surface area contributed by atoms with Crippen LogP contribution >= 0.6 is 0 Å². The van der Waals surface area contributed by atoms with Crippen LogP contribution in [0, 0.1) is 13.8 Å². The minimum Gasteiger partial charge on any atom is -0.508 e. The van der Waals surface area contributed by atoms with Crippen LogP contribution < -0.4 is 5.32 Å². The zero-order valence-corrected chi connectivity index (χ0v) is 11.5. The highest BCUT2D eigenvalue weighted by atomic mass is 16.3. The molecule has 3 rings (SSSR count). The minimum absolute atomic E-state index is 0.297. The van der Waals surface area contributed by atoms with Gasteiger partial charge in [-0.2, -0.15) is 5.10 Å². The number of aryl methyl sites for hydroxylation is 2. The van der Waals surface area contributed by atoms with Crippen LogP contribution in [0.15, 0.2) is 36.7 Å². The maximum Gasteiger partial charge on any atom is 0.155 e. The van der Waals surface area contributed by atoms with Gasteiger partial charge in [0.2, 0.25) is 0 Å². The molecule has 0 fully saturated rings. The first kappa shape index (κ1) is 12.5. The summed E-state index contributed by atoms with van der Waals surface area (Å²) >= 11 is 0. The van der Waals surface area contributed by atoms with Gasteiger partial charge in [0, 0.05) is 42.3 Å². The first-order chi connectivity index (χ1) is 9.61. The number of hydrogen-bond donors (Lipinski definition) is 2. The Hall–Kier alpha value is -2.56. The molecule has 0 aliphatic heterocycles. The molecule has 1 aromatic carbocycles. The highest BCUT2D eigenvalue weighted by Crippen LogP contribution is 2.21. The number of aromatic hydroxyl groups is 1. The average Bonchev–Trinajstić information content (AvgIpc) is 2.79. The molecular weight excluding hydrogens is 252 g/mol. The van der Waals surface area contributed by atoms with Crippen molar-refractivity contribution in [3.63, 3.8) is 0 Å². The fourth-order valence-corrected chi connectivity index (χ4v) is 2.05. The Morgan fingerprint density at radius 2 is 2.10 bits per heavy atom. The molecule has 0 atom stereocenters. The van der Waals surface area contributed by atoms with Gasteiger partial charge in [-0.05, 0) is 25.5 Å². The maximum absolute atomic E-state index is 9.67. The number of nitrogens with zero attached hydrogens (tertiary/aromatic N) is 3. The van der Waals surface area contributed by atoms with E-state index in [-0.39, 0.29) is 0 Å². The third-order valence-electron chi connectivity index (χ3n) is 3.19. The van der Waals surface area contributed by atoms with Crippen LogP contribution in [0.4, 0.5) is 5.69 Å². The Morgan fingerprint density at radius 1 is 1.25 bits per heavy atom. The van der Waals surface area contributed by atoms with Crippen molar-refractivity contribution in [3.8, 4) is 5.75 Å². The van der Waals surface area contributed by atoms with Crippen LogP contribution in [0.3, 0.4) is 0 Å². The lowest BCUT2D eigenvalue weighted by atomic mass is 10.2. The maximum atomic E-state index is 9.67. The molecule has 0 amide bonds. The second-order valence-electron chi connectivity index (χ2n) is 4.91. The van der Waals surface area contributed by atoms with Crippen LogP contribution in [0.1, 0.15) is 16.8 Å². The Labute approximate surface area is 116 Å². The summed E-state index contributed by atoms with van der Waals surface area (Å²) in [6, 6.07) is 7.49. The standard InChI is InChI=1S/C15H16N4O/c1-10-3-4-13(6-14(10)20)16-7-12-8-17-15-5-11(2)18-19(15)9-12/h3-6,8-9,16,20H,7H2,1-2H3. The van der Waals surface area contributed by atoms with Gasteiger partial charge in [-0.3, -0.25) is 0 Å². The van der Waals surface area contributed by atoms with E-state index in [0.717, 1.165) is 28.2 Å². The first-order valence-electron chi connectivity index (χ1n) is 6.46. The van der Waals surface area contributed by atoms with E-state index in [9.17, 15) is 5.11 Å². The molecule has 0 unspecified atom stereocenters. The van der Waals surface area contributed by atoms with Gasteiger partial charge in [-0.1, -0.05) is 6.07 Å². The van der Waals surface area contributed by atoms with Gasteiger partial charge in [0.1, 0.15) is 5.75 Å². The fourth-order valence-electron chi connectivity index (χ4n) is 2.05. The van der Waals surface area contributed by atoms with Crippen molar-refractivity contribution >= 4 is 11.3 Å². The Bertz CT molecular complexity index is 764. The molecule has 0 aliphatic carbocycles. The third-order valence-corrected chi connectivity index (χ3v) is 3.19.